The lowest BCUT2D eigenvalue weighted by molar-refractivity contribution is 0.597. The number of sulfone groups is 1. The van der Waals surface area contributed by atoms with Crippen molar-refractivity contribution >= 4 is 37.9 Å². The first kappa shape index (κ1) is 17.8. The summed E-state index contributed by atoms with van der Waals surface area (Å²) in [5, 5.41) is 13.5. The molecular formula is C17H16ClN3O2S2. The zero-order valence-corrected chi connectivity index (χ0v) is 15.8. The number of halogens is 1. The highest BCUT2D eigenvalue weighted by molar-refractivity contribution is 7.91. The van der Waals surface area contributed by atoms with Crippen molar-refractivity contribution in [2.45, 2.75) is 18.4 Å². The van der Waals surface area contributed by atoms with E-state index in [2.05, 4.69) is 15.5 Å². The third kappa shape index (κ3) is 4.18. The quantitative estimate of drug-likeness (QED) is 0.677. The minimum Gasteiger partial charge on any atom is -0.356 e. The molecular weight excluding hydrogens is 378 g/mol. The Morgan fingerprint density at radius 2 is 1.80 bits per heavy atom. The highest BCUT2D eigenvalue weighted by Crippen LogP contribution is 2.31. The number of anilines is 1. The van der Waals surface area contributed by atoms with E-state index in [1.54, 1.807) is 31.2 Å². The average molecular weight is 394 g/mol. The molecule has 3 rings (SSSR count). The molecule has 5 nitrogen and oxygen atoms in total. The third-order valence-corrected chi connectivity index (χ3v) is 6.63. The van der Waals surface area contributed by atoms with Crippen molar-refractivity contribution in [3.05, 3.63) is 59.1 Å². The molecule has 0 radical (unpaired) electrons. The van der Waals surface area contributed by atoms with Crippen molar-refractivity contribution in [2.75, 3.05) is 11.1 Å². The van der Waals surface area contributed by atoms with Gasteiger partial charge in [-0.15, -0.1) is 10.2 Å². The molecule has 1 heterocycles. The van der Waals surface area contributed by atoms with Gasteiger partial charge in [-0.1, -0.05) is 60.2 Å². The molecule has 0 saturated carbocycles. The number of hydrogen-bond donors (Lipinski definition) is 1. The zero-order chi connectivity index (χ0) is 17.9. The molecule has 0 unspecified atom stereocenters. The van der Waals surface area contributed by atoms with Crippen molar-refractivity contribution in [3.8, 4) is 10.6 Å². The van der Waals surface area contributed by atoms with Gasteiger partial charge in [0.2, 0.25) is 5.13 Å². The predicted octanol–water partition coefficient (Wildman–Crippen LogP) is 4.26. The normalized spacial score (nSPS) is 11.4. The molecule has 0 atom stereocenters. The fourth-order valence-electron chi connectivity index (χ4n) is 2.20. The molecule has 1 aromatic heterocycles. The molecule has 130 valence electrons. The maximum Gasteiger partial charge on any atom is 0.206 e. The smallest absolute Gasteiger partial charge is 0.206 e. The van der Waals surface area contributed by atoms with E-state index in [0.717, 1.165) is 16.1 Å². The van der Waals surface area contributed by atoms with Crippen LogP contribution in [0.1, 0.15) is 12.5 Å². The van der Waals surface area contributed by atoms with Crippen LogP contribution in [0.15, 0.2) is 53.4 Å². The van der Waals surface area contributed by atoms with Crippen LogP contribution in [0.5, 0.6) is 0 Å². The first-order valence-electron chi connectivity index (χ1n) is 7.63. The fraction of sp³-hybridized carbons (Fsp3) is 0.176. The minimum atomic E-state index is -3.17. The van der Waals surface area contributed by atoms with E-state index in [0.29, 0.717) is 21.6 Å². The van der Waals surface area contributed by atoms with E-state index < -0.39 is 9.84 Å². The van der Waals surface area contributed by atoms with Crippen LogP contribution in [-0.2, 0) is 16.4 Å². The summed E-state index contributed by atoms with van der Waals surface area (Å²) in [5.41, 5.74) is 1.81. The highest BCUT2D eigenvalue weighted by atomic mass is 35.5. The summed E-state index contributed by atoms with van der Waals surface area (Å²) >= 11 is 7.59. The molecule has 0 aliphatic heterocycles. The molecule has 0 amide bonds. The maximum atomic E-state index is 11.8. The van der Waals surface area contributed by atoms with Crippen molar-refractivity contribution in [1.82, 2.24) is 10.2 Å². The van der Waals surface area contributed by atoms with E-state index in [-0.39, 0.29) is 5.75 Å². The summed E-state index contributed by atoms with van der Waals surface area (Å²) < 4.78 is 23.6. The molecule has 3 aromatic rings. The molecule has 8 heteroatoms. The molecule has 1 N–H and O–H groups in total. The largest absolute Gasteiger partial charge is 0.356 e. The molecule has 0 spiro atoms. The van der Waals surface area contributed by atoms with Gasteiger partial charge in [-0.05, 0) is 23.8 Å². The predicted molar refractivity (Wildman–Crippen MR) is 102 cm³/mol. The van der Waals surface area contributed by atoms with Gasteiger partial charge in [0.05, 0.1) is 15.7 Å². The van der Waals surface area contributed by atoms with Gasteiger partial charge in [0, 0.05) is 12.1 Å². The molecule has 25 heavy (non-hydrogen) atoms. The summed E-state index contributed by atoms with van der Waals surface area (Å²) in [5.74, 6) is 0.0974. The standard InChI is InChI=1S/C17H16ClN3O2S2/c1-2-25(22,23)13-9-7-12(8-10-13)11-19-17-21-20-16(24-17)14-5-3-4-6-15(14)18/h3-10H,2,11H2,1H3,(H,19,21). The molecule has 2 aromatic carbocycles. The van der Waals surface area contributed by atoms with Crippen LogP contribution >= 0.6 is 22.9 Å². The maximum absolute atomic E-state index is 11.8. The Kier molecular flexibility index (Phi) is 5.36. The Bertz CT molecular complexity index is 970. The Labute approximate surface area is 155 Å². The second-order valence-corrected chi connectivity index (χ2v) is 8.96. The summed E-state index contributed by atoms with van der Waals surface area (Å²) in [6.07, 6.45) is 0. The van der Waals surface area contributed by atoms with Crippen LogP contribution in [0.4, 0.5) is 5.13 Å². The van der Waals surface area contributed by atoms with E-state index in [1.807, 2.05) is 24.3 Å². The van der Waals surface area contributed by atoms with E-state index in [4.69, 9.17) is 11.6 Å². The minimum absolute atomic E-state index is 0.0974. The van der Waals surface area contributed by atoms with Crippen LogP contribution in [0, 0.1) is 0 Å². The Morgan fingerprint density at radius 3 is 2.48 bits per heavy atom. The molecule has 0 aliphatic rings. The molecule has 0 fully saturated rings. The van der Waals surface area contributed by atoms with Crippen LogP contribution in [0.25, 0.3) is 10.6 Å². The second-order valence-electron chi connectivity index (χ2n) is 5.29. The molecule has 0 bridgehead atoms. The van der Waals surface area contributed by atoms with Gasteiger partial charge < -0.3 is 5.32 Å². The van der Waals surface area contributed by atoms with E-state index in [9.17, 15) is 8.42 Å². The van der Waals surface area contributed by atoms with Gasteiger partial charge in [-0.3, -0.25) is 0 Å². The summed E-state index contributed by atoms with van der Waals surface area (Å²) in [6.45, 7) is 2.17. The van der Waals surface area contributed by atoms with Crippen molar-refractivity contribution < 1.29 is 8.42 Å². The SMILES string of the molecule is CCS(=O)(=O)c1ccc(CNc2nnc(-c3ccccc3Cl)s2)cc1. The van der Waals surface area contributed by atoms with Crippen molar-refractivity contribution in [1.29, 1.82) is 0 Å². The van der Waals surface area contributed by atoms with Crippen LogP contribution < -0.4 is 5.32 Å². The first-order valence-corrected chi connectivity index (χ1v) is 10.5. The van der Waals surface area contributed by atoms with Crippen molar-refractivity contribution in [3.63, 3.8) is 0 Å². The zero-order valence-electron chi connectivity index (χ0n) is 13.4. The summed E-state index contributed by atoms with van der Waals surface area (Å²) in [4.78, 5) is 0.343. The van der Waals surface area contributed by atoms with Crippen LogP contribution in [0.3, 0.4) is 0 Å². The van der Waals surface area contributed by atoms with Gasteiger partial charge >= 0.3 is 0 Å². The van der Waals surface area contributed by atoms with Gasteiger partial charge in [0.15, 0.2) is 14.8 Å². The van der Waals surface area contributed by atoms with Gasteiger partial charge in [0.25, 0.3) is 0 Å². The fourth-order valence-corrected chi connectivity index (χ4v) is 4.14. The molecule has 0 aliphatic carbocycles. The Balaban J connectivity index is 1.68. The Morgan fingerprint density at radius 1 is 1.08 bits per heavy atom. The number of nitrogens with one attached hydrogen (secondary N) is 1. The second kappa shape index (κ2) is 7.51. The summed E-state index contributed by atoms with van der Waals surface area (Å²) in [6, 6.07) is 14.3. The van der Waals surface area contributed by atoms with E-state index >= 15 is 0 Å². The monoisotopic (exact) mass is 393 g/mol. The number of benzene rings is 2. The van der Waals surface area contributed by atoms with Gasteiger partial charge in [-0.25, -0.2) is 8.42 Å². The number of rotatable bonds is 6. The molecule has 0 saturated heterocycles. The highest BCUT2D eigenvalue weighted by Gasteiger charge is 2.12. The van der Waals surface area contributed by atoms with Crippen molar-refractivity contribution in [2.24, 2.45) is 0 Å². The van der Waals surface area contributed by atoms with Crippen LogP contribution in [-0.4, -0.2) is 24.4 Å². The lowest BCUT2D eigenvalue weighted by Crippen LogP contribution is -2.04. The Hall–Kier alpha value is -1.96. The van der Waals surface area contributed by atoms with Gasteiger partial charge in [0.1, 0.15) is 0 Å². The van der Waals surface area contributed by atoms with Crippen LogP contribution in [0.2, 0.25) is 5.02 Å². The number of hydrogen-bond acceptors (Lipinski definition) is 6. The first-order chi connectivity index (χ1) is 12.0. The van der Waals surface area contributed by atoms with E-state index in [1.165, 1.54) is 11.3 Å². The number of aromatic nitrogens is 2. The topological polar surface area (TPSA) is 72.0 Å². The average Bonchev–Trinajstić information content (AvgIpc) is 3.09. The van der Waals surface area contributed by atoms with Gasteiger partial charge in [-0.2, -0.15) is 0 Å². The third-order valence-electron chi connectivity index (χ3n) is 3.64. The lowest BCUT2D eigenvalue weighted by Gasteiger charge is -2.05. The number of nitrogens with zero attached hydrogens (tertiary/aromatic N) is 2. The lowest BCUT2D eigenvalue weighted by atomic mass is 10.2. The summed E-state index contributed by atoms with van der Waals surface area (Å²) in [7, 11) is -3.17.